The fraction of sp³-hybridized carbons (Fsp3) is 0.364. The minimum Gasteiger partial charge on any atom is -0.336 e. The second kappa shape index (κ2) is 5.58. The number of nitrogens with one attached hydrogen (secondary N) is 2. The second-order valence-electron chi connectivity index (χ2n) is 4.43. The van der Waals surface area contributed by atoms with Crippen LogP contribution >= 0.6 is 23.2 Å². The Morgan fingerprint density at radius 1 is 1.35 bits per heavy atom. The van der Waals surface area contributed by atoms with Gasteiger partial charge in [-0.2, -0.15) is 0 Å². The summed E-state index contributed by atoms with van der Waals surface area (Å²) in [5.74, 6) is 0. The van der Waals surface area contributed by atoms with Gasteiger partial charge >= 0.3 is 6.03 Å². The molecule has 0 aromatic heterocycles. The minimum atomic E-state index is -0.449. The molecule has 0 heterocycles. The molecule has 0 bridgehead atoms. The van der Waals surface area contributed by atoms with E-state index >= 15 is 0 Å². The molecule has 0 unspecified atom stereocenters. The maximum absolute atomic E-state index is 11.5. The molecule has 1 aromatic rings. The summed E-state index contributed by atoms with van der Waals surface area (Å²) in [5, 5.41) is 6.13. The highest BCUT2D eigenvalue weighted by Gasteiger charge is 2.12. The smallest absolute Gasteiger partial charge is 0.319 e. The van der Waals surface area contributed by atoms with Crippen LogP contribution in [0, 0.1) is 0 Å². The third kappa shape index (κ3) is 5.26. The van der Waals surface area contributed by atoms with Gasteiger partial charge in [0.05, 0.1) is 10.0 Å². The number of amides is 2. The first kappa shape index (κ1) is 14.1. The Labute approximate surface area is 110 Å². The fourth-order valence-corrected chi connectivity index (χ4v) is 1.36. The number of benzene rings is 1. The molecule has 0 aliphatic rings. The zero-order valence-corrected chi connectivity index (χ0v) is 11.2. The summed E-state index contributed by atoms with van der Waals surface area (Å²) in [6.45, 7) is 4.03. The molecule has 6 heteroatoms. The van der Waals surface area contributed by atoms with Gasteiger partial charge in [0.1, 0.15) is 0 Å². The average Bonchev–Trinajstić information content (AvgIpc) is 2.20. The third-order valence-electron chi connectivity index (χ3n) is 1.88. The van der Waals surface area contributed by atoms with Crippen molar-refractivity contribution < 1.29 is 4.79 Å². The maximum Gasteiger partial charge on any atom is 0.319 e. The van der Waals surface area contributed by atoms with Crippen LogP contribution in [0.5, 0.6) is 0 Å². The topological polar surface area (TPSA) is 67.1 Å². The molecule has 1 rings (SSSR count). The summed E-state index contributed by atoms with van der Waals surface area (Å²) in [6.07, 6.45) is 0. The van der Waals surface area contributed by atoms with Crippen LogP contribution < -0.4 is 16.4 Å². The van der Waals surface area contributed by atoms with Crippen LogP contribution in [0.1, 0.15) is 13.8 Å². The highest BCUT2D eigenvalue weighted by Crippen LogP contribution is 2.24. The van der Waals surface area contributed by atoms with Gasteiger partial charge in [-0.25, -0.2) is 4.79 Å². The van der Waals surface area contributed by atoms with Gasteiger partial charge < -0.3 is 16.4 Å². The Morgan fingerprint density at radius 3 is 2.53 bits per heavy atom. The van der Waals surface area contributed by atoms with Crippen molar-refractivity contribution in [1.29, 1.82) is 0 Å². The largest absolute Gasteiger partial charge is 0.336 e. The lowest BCUT2D eigenvalue weighted by atomic mass is 10.1. The molecule has 0 fully saturated rings. The van der Waals surface area contributed by atoms with Crippen LogP contribution in [0.25, 0.3) is 0 Å². The summed E-state index contributed by atoms with van der Waals surface area (Å²) in [6, 6.07) is 4.53. The van der Waals surface area contributed by atoms with Crippen molar-refractivity contribution >= 4 is 34.9 Å². The first-order valence-corrected chi connectivity index (χ1v) is 5.82. The number of halogens is 2. The molecule has 0 saturated carbocycles. The predicted molar refractivity (Wildman–Crippen MR) is 71.7 cm³/mol. The summed E-state index contributed by atoms with van der Waals surface area (Å²) in [4.78, 5) is 11.5. The van der Waals surface area contributed by atoms with E-state index in [4.69, 9.17) is 28.9 Å². The van der Waals surface area contributed by atoms with E-state index in [9.17, 15) is 4.79 Å². The van der Waals surface area contributed by atoms with Crippen molar-refractivity contribution in [3.05, 3.63) is 28.2 Å². The zero-order chi connectivity index (χ0) is 13.1. The van der Waals surface area contributed by atoms with Gasteiger partial charge in [0.2, 0.25) is 0 Å². The Balaban J connectivity index is 2.54. The number of carbonyl (C=O) groups excluding carboxylic acids is 1. The van der Waals surface area contributed by atoms with Crippen molar-refractivity contribution in [2.45, 2.75) is 19.4 Å². The van der Waals surface area contributed by atoms with Gasteiger partial charge in [-0.3, -0.25) is 0 Å². The number of hydrogen-bond acceptors (Lipinski definition) is 2. The molecule has 0 atom stereocenters. The summed E-state index contributed by atoms with van der Waals surface area (Å²) >= 11 is 11.6. The SMILES string of the molecule is CC(C)(N)CNC(=O)Nc1ccc(Cl)c(Cl)c1. The monoisotopic (exact) mass is 275 g/mol. The lowest BCUT2D eigenvalue weighted by Gasteiger charge is -2.19. The molecule has 2 amide bonds. The first-order chi connectivity index (χ1) is 7.78. The third-order valence-corrected chi connectivity index (χ3v) is 2.62. The normalized spacial score (nSPS) is 11.1. The highest BCUT2D eigenvalue weighted by molar-refractivity contribution is 6.42. The van der Waals surface area contributed by atoms with Crippen molar-refractivity contribution in [2.24, 2.45) is 5.73 Å². The molecular formula is C11H15Cl2N3O. The van der Waals surface area contributed by atoms with E-state index in [0.29, 0.717) is 22.3 Å². The molecule has 0 saturated heterocycles. The Kier molecular flexibility index (Phi) is 4.62. The first-order valence-electron chi connectivity index (χ1n) is 5.07. The molecule has 1 aromatic carbocycles. The van der Waals surface area contributed by atoms with Crippen molar-refractivity contribution in [2.75, 3.05) is 11.9 Å². The van der Waals surface area contributed by atoms with E-state index in [1.807, 2.05) is 13.8 Å². The van der Waals surface area contributed by atoms with Crippen LogP contribution in [0.4, 0.5) is 10.5 Å². The van der Waals surface area contributed by atoms with Crippen molar-refractivity contribution in [1.82, 2.24) is 5.32 Å². The lowest BCUT2D eigenvalue weighted by molar-refractivity contribution is 0.250. The standard InChI is InChI=1S/C11H15Cl2N3O/c1-11(2,14)6-15-10(17)16-7-3-4-8(12)9(13)5-7/h3-5H,6,14H2,1-2H3,(H2,15,16,17). The van der Waals surface area contributed by atoms with Crippen molar-refractivity contribution in [3.63, 3.8) is 0 Å². The molecule has 0 aliphatic carbocycles. The fourth-order valence-electron chi connectivity index (χ4n) is 1.06. The maximum atomic E-state index is 11.5. The van der Waals surface area contributed by atoms with Gasteiger partial charge in [-0.05, 0) is 32.0 Å². The average molecular weight is 276 g/mol. The molecule has 4 nitrogen and oxygen atoms in total. The minimum absolute atomic E-state index is 0.332. The number of nitrogens with two attached hydrogens (primary N) is 1. The number of anilines is 1. The molecule has 94 valence electrons. The molecule has 0 radical (unpaired) electrons. The molecule has 0 aliphatic heterocycles. The number of hydrogen-bond donors (Lipinski definition) is 3. The van der Waals surface area contributed by atoms with E-state index in [2.05, 4.69) is 10.6 Å². The van der Waals surface area contributed by atoms with E-state index in [1.54, 1.807) is 18.2 Å². The Bertz CT molecular complexity index is 416. The highest BCUT2D eigenvalue weighted by atomic mass is 35.5. The Hall–Kier alpha value is -0.970. The summed E-state index contributed by atoms with van der Waals surface area (Å²) < 4.78 is 0. The summed E-state index contributed by atoms with van der Waals surface area (Å²) in [5.41, 5.74) is 5.87. The lowest BCUT2D eigenvalue weighted by Crippen LogP contribution is -2.46. The quantitative estimate of drug-likeness (QED) is 0.794. The van der Waals surface area contributed by atoms with Gasteiger partial charge in [0.25, 0.3) is 0 Å². The van der Waals surface area contributed by atoms with Gasteiger partial charge in [0.15, 0.2) is 0 Å². The number of carbonyl (C=O) groups is 1. The van der Waals surface area contributed by atoms with Gasteiger partial charge in [0, 0.05) is 17.8 Å². The van der Waals surface area contributed by atoms with Crippen LogP contribution in [-0.2, 0) is 0 Å². The molecular weight excluding hydrogens is 261 g/mol. The van der Waals surface area contributed by atoms with E-state index in [-0.39, 0.29) is 6.03 Å². The zero-order valence-electron chi connectivity index (χ0n) is 9.68. The Morgan fingerprint density at radius 2 is 2.00 bits per heavy atom. The van der Waals surface area contributed by atoms with Gasteiger partial charge in [-0.15, -0.1) is 0 Å². The van der Waals surface area contributed by atoms with Crippen LogP contribution in [-0.4, -0.2) is 18.1 Å². The van der Waals surface area contributed by atoms with Gasteiger partial charge in [-0.1, -0.05) is 23.2 Å². The van der Waals surface area contributed by atoms with Crippen molar-refractivity contribution in [3.8, 4) is 0 Å². The summed E-state index contributed by atoms with van der Waals surface area (Å²) in [7, 11) is 0. The number of rotatable bonds is 3. The second-order valence-corrected chi connectivity index (χ2v) is 5.24. The van der Waals surface area contributed by atoms with E-state index in [1.165, 1.54) is 0 Å². The van der Waals surface area contributed by atoms with Crippen LogP contribution in [0.3, 0.4) is 0 Å². The van der Waals surface area contributed by atoms with E-state index in [0.717, 1.165) is 0 Å². The molecule has 17 heavy (non-hydrogen) atoms. The number of urea groups is 1. The predicted octanol–water partition coefficient (Wildman–Crippen LogP) is 2.85. The molecule has 0 spiro atoms. The van der Waals surface area contributed by atoms with E-state index < -0.39 is 5.54 Å². The van der Waals surface area contributed by atoms with Crippen LogP contribution in [0.15, 0.2) is 18.2 Å². The van der Waals surface area contributed by atoms with Crippen LogP contribution in [0.2, 0.25) is 10.0 Å². The molecule has 4 N–H and O–H groups in total.